The summed E-state index contributed by atoms with van der Waals surface area (Å²) in [6, 6.07) is 14.8. The van der Waals surface area contributed by atoms with Gasteiger partial charge in [0.05, 0.1) is 30.1 Å². The van der Waals surface area contributed by atoms with E-state index in [1.807, 2.05) is 0 Å². The van der Waals surface area contributed by atoms with Crippen LogP contribution < -0.4 is 25.1 Å². The summed E-state index contributed by atoms with van der Waals surface area (Å²) in [5.41, 5.74) is -0.895. The van der Waals surface area contributed by atoms with E-state index in [0.29, 0.717) is 52.4 Å². The lowest BCUT2D eigenvalue weighted by Crippen LogP contribution is -2.40. The van der Waals surface area contributed by atoms with Gasteiger partial charge in [0.15, 0.2) is 17.3 Å². The van der Waals surface area contributed by atoms with E-state index in [4.69, 9.17) is 14.2 Å². The third-order valence-corrected chi connectivity index (χ3v) is 8.14. The molecule has 2 aromatic carbocycles. The molecule has 252 valence electrons. The number of Topliss-reactive ketones (excluding diaryl/α,β-unsaturated/α-hetero) is 1. The molecule has 0 saturated heterocycles. The van der Waals surface area contributed by atoms with Crippen LogP contribution in [0.25, 0.3) is 16.6 Å². The maximum atomic E-state index is 14.1. The summed E-state index contributed by atoms with van der Waals surface area (Å²) in [5, 5.41) is 23.4. The number of fused-ring (bicyclic) bond motifs is 2. The highest BCUT2D eigenvalue weighted by molar-refractivity contribution is 6.06. The van der Waals surface area contributed by atoms with Crippen molar-refractivity contribution >= 4 is 28.4 Å². The molecule has 1 aliphatic rings. The number of hydrogen-bond donors (Lipinski definition) is 3. The Morgan fingerprint density at radius 3 is 2.57 bits per heavy atom. The zero-order chi connectivity index (χ0) is 34.9. The molecular weight excluding hydrogens is 635 g/mol. The lowest BCUT2D eigenvalue weighted by molar-refractivity contribution is -0.0663. The molecule has 13 heteroatoms. The quantitative estimate of drug-likeness (QED) is 0.185. The summed E-state index contributed by atoms with van der Waals surface area (Å²) in [6.07, 6.45) is 3.03. The van der Waals surface area contributed by atoms with Gasteiger partial charge in [-0.1, -0.05) is 6.07 Å². The number of aliphatic hydroxyl groups is 2. The van der Waals surface area contributed by atoms with E-state index >= 15 is 0 Å². The van der Waals surface area contributed by atoms with Crippen LogP contribution >= 0.6 is 0 Å². The minimum Gasteiger partial charge on any atom is -0.493 e. The molecule has 1 aliphatic carbocycles. The first kappa shape index (κ1) is 33.2. The van der Waals surface area contributed by atoms with Crippen molar-refractivity contribution in [1.29, 1.82) is 0 Å². The molecular formula is C36H33FN4O8. The third-order valence-electron chi connectivity index (χ3n) is 8.14. The van der Waals surface area contributed by atoms with E-state index in [1.165, 1.54) is 62.1 Å². The van der Waals surface area contributed by atoms with E-state index in [-0.39, 0.29) is 41.4 Å². The number of carbonyl (C=O) groups is 2. The minimum atomic E-state index is -1.36. The number of amides is 1. The SMILES string of the molecule is COc1cc2c(Oc3ccc(NC(=O)c4cc5c(n(-c6cccc(F)c6)c4=O)CCCC5=O)nc3)ccnc2cc1OCC(O)C(C)(C)O. The van der Waals surface area contributed by atoms with Crippen molar-refractivity contribution in [2.75, 3.05) is 19.0 Å². The molecule has 1 amide bonds. The predicted octanol–water partition coefficient (Wildman–Crippen LogP) is 5.00. The van der Waals surface area contributed by atoms with Gasteiger partial charge in [-0.25, -0.2) is 9.37 Å². The van der Waals surface area contributed by atoms with Crippen LogP contribution in [0.5, 0.6) is 23.0 Å². The number of anilines is 1. The van der Waals surface area contributed by atoms with Gasteiger partial charge in [0.25, 0.3) is 11.5 Å². The monoisotopic (exact) mass is 668 g/mol. The summed E-state index contributed by atoms with van der Waals surface area (Å²) in [7, 11) is 1.47. The van der Waals surface area contributed by atoms with Crippen LogP contribution in [0.1, 0.15) is 53.1 Å². The highest BCUT2D eigenvalue weighted by Gasteiger charge is 2.27. The first-order valence-electron chi connectivity index (χ1n) is 15.5. The van der Waals surface area contributed by atoms with Crippen molar-refractivity contribution in [1.82, 2.24) is 14.5 Å². The number of pyridine rings is 3. The number of rotatable bonds is 10. The molecule has 1 unspecified atom stereocenters. The Morgan fingerprint density at radius 2 is 1.86 bits per heavy atom. The fourth-order valence-electron chi connectivity index (χ4n) is 5.43. The van der Waals surface area contributed by atoms with Crippen LogP contribution in [0.2, 0.25) is 0 Å². The van der Waals surface area contributed by atoms with Gasteiger partial charge in [-0.2, -0.15) is 0 Å². The summed E-state index contributed by atoms with van der Waals surface area (Å²) >= 11 is 0. The zero-order valence-corrected chi connectivity index (χ0v) is 26.9. The topological polar surface area (TPSA) is 162 Å². The summed E-state index contributed by atoms with van der Waals surface area (Å²) in [4.78, 5) is 48.5. The average Bonchev–Trinajstić information content (AvgIpc) is 3.07. The smallest absolute Gasteiger partial charge is 0.268 e. The Labute approximate surface area is 279 Å². The van der Waals surface area contributed by atoms with Crippen LogP contribution in [0.4, 0.5) is 10.2 Å². The van der Waals surface area contributed by atoms with Gasteiger partial charge in [-0.3, -0.25) is 23.9 Å². The fraction of sp³-hybridized carbons (Fsp3) is 0.250. The number of benzene rings is 2. The number of aromatic nitrogens is 3. The lowest BCUT2D eigenvalue weighted by atomic mass is 9.92. The predicted molar refractivity (Wildman–Crippen MR) is 178 cm³/mol. The molecule has 3 aromatic heterocycles. The molecule has 0 aliphatic heterocycles. The molecule has 49 heavy (non-hydrogen) atoms. The number of ether oxygens (including phenoxy) is 3. The Morgan fingerprint density at radius 1 is 1.04 bits per heavy atom. The number of nitrogens with zero attached hydrogens (tertiary/aromatic N) is 3. The number of carbonyl (C=O) groups excluding carboxylic acids is 2. The van der Waals surface area contributed by atoms with Crippen molar-refractivity contribution in [3.8, 4) is 28.7 Å². The van der Waals surface area contributed by atoms with Gasteiger partial charge < -0.3 is 29.7 Å². The highest BCUT2D eigenvalue weighted by atomic mass is 19.1. The summed E-state index contributed by atoms with van der Waals surface area (Å²) in [6.45, 7) is 2.78. The van der Waals surface area contributed by atoms with Gasteiger partial charge in [0.2, 0.25) is 0 Å². The number of aliphatic hydroxyl groups excluding tert-OH is 1. The zero-order valence-electron chi connectivity index (χ0n) is 26.9. The Bertz CT molecular complexity index is 2130. The molecule has 12 nitrogen and oxygen atoms in total. The van der Waals surface area contributed by atoms with Gasteiger partial charge >= 0.3 is 0 Å². The largest absolute Gasteiger partial charge is 0.493 e. The minimum absolute atomic E-state index is 0.120. The summed E-state index contributed by atoms with van der Waals surface area (Å²) in [5.74, 6) is -0.00615. The summed E-state index contributed by atoms with van der Waals surface area (Å²) < 4.78 is 32.6. The van der Waals surface area contributed by atoms with Crippen LogP contribution in [0.15, 0.2) is 77.9 Å². The first-order valence-corrected chi connectivity index (χ1v) is 15.5. The molecule has 3 heterocycles. The number of halogens is 1. The van der Waals surface area contributed by atoms with Crippen molar-refractivity contribution in [2.45, 2.75) is 44.8 Å². The molecule has 5 aromatic rings. The van der Waals surface area contributed by atoms with Gasteiger partial charge in [0, 0.05) is 35.3 Å². The second kappa shape index (κ2) is 13.5. The van der Waals surface area contributed by atoms with E-state index < -0.39 is 29.0 Å². The van der Waals surface area contributed by atoms with Crippen LogP contribution in [-0.4, -0.2) is 61.9 Å². The molecule has 0 fully saturated rings. The second-order valence-corrected chi connectivity index (χ2v) is 12.1. The molecule has 0 radical (unpaired) electrons. The number of methoxy groups -OCH3 is 1. The van der Waals surface area contributed by atoms with Gasteiger partial charge in [0.1, 0.15) is 41.4 Å². The van der Waals surface area contributed by atoms with Crippen molar-refractivity contribution in [3.63, 3.8) is 0 Å². The van der Waals surface area contributed by atoms with E-state index in [0.717, 1.165) is 0 Å². The molecule has 1 atom stereocenters. The first-order chi connectivity index (χ1) is 23.4. The van der Waals surface area contributed by atoms with Crippen molar-refractivity contribution in [2.24, 2.45) is 0 Å². The van der Waals surface area contributed by atoms with Gasteiger partial charge in [-0.15, -0.1) is 0 Å². The van der Waals surface area contributed by atoms with Crippen LogP contribution in [0.3, 0.4) is 0 Å². The maximum absolute atomic E-state index is 14.1. The van der Waals surface area contributed by atoms with E-state index in [2.05, 4.69) is 15.3 Å². The standard InChI is InChI=1S/C36H33FN4O8/c1-36(2,46)32(43)19-48-31-17-26-23(16-30(31)47-3)29(12-13-38-26)49-22-10-11-33(39-18-22)40-34(44)25-15-24-27(8-5-9-28(24)42)41(35(25)45)21-7-4-6-20(37)14-21/h4,6-7,10-18,32,43,46H,5,8-9,19H2,1-3H3,(H,39,40,44). The van der Waals surface area contributed by atoms with E-state index in [9.17, 15) is 29.0 Å². The Hall–Kier alpha value is -5.66. The molecule has 0 bridgehead atoms. The second-order valence-electron chi connectivity index (χ2n) is 12.1. The lowest BCUT2D eigenvalue weighted by Gasteiger charge is -2.24. The molecule has 6 rings (SSSR count). The Kier molecular flexibility index (Phi) is 9.13. The maximum Gasteiger partial charge on any atom is 0.268 e. The normalized spacial score (nSPS) is 13.5. The molecule has 0 saturated carbocycles. The average molecular weight is 669 g/mol. The van der Waals surface area contributed by atoms with Gasteiger partial charge in [-0.05, 0) is 75.2 Å². The number of hydrogen-bond acceptors (Lipinski definition) is 10. The number of ketones is 1. The molecule has 3 N–H and O–H groups in total. The fourth-order valence-corrected chi connectivity index (χ4v) is 5.43. The van der Waals surface area contributed by atoms with Crippen molar-refractivity contribution < 1.29 is 38.4 Å². The van der Waals surface area contributed by atoms with Crippen LogP contribution in [-0.2, 0) is 6.42 Å². The van der Waals surface area contributed by atoms with Crippen molar-refractivity contribution in [3.05, 3.63) is 106 Å². The van der Waals surface area contributed by atoms with Crippen LogP contribution in [0, 0.1) is 5.82 Å². The molecule has 0 spiro atoms. The Balaban J connectivity index is 1.23. The third kappa shape index (κ3) is 6.98. The van der Waals surface area contributed by atoms with E-state index in [1.54, 1.807) is 36.5 Å². The highest BCUT2D eigenvalue weighted by Crippen LogP contribution is 2.37. The number of nitrogens with one attached hydrogen (secondary N) is 1.